The minimum atomic E-state index is -0.809. The molecule has 0 aliphatic rings. The van der Waals surface area contributed by atoms with Crippen molar-refractivity contribution in [2.24, 2.45) is 0 Å². The van der Waals surface area contributed by atoms with Crippen molar-refractivity contribution in [2.75, 3.05) is 6.61 Å². The van der Waals surface area contributed by atoms with E-state index in [9.17, 15) is 4.79 Å². The minimum absolute atomic E-state index is 0.116. The van der Waals surface area contributed by atoms with Crippen molar-refractivity contribution in [3.63, 3.8) is 0 Å². The Morgan fingerprint density at radius 1 is 1.48 bits per heavy atom. The number of aliphatic hydroxyl groups is 1. The molecule has 0 saturated heterocycles. The second-order valence-electron chi connectivity index (χ2n) is 5.08. The molecule has 0 radical (unpaired) electrons. The topological polar surface area (TPSA) is 84.3 Å². The van der Waals surface area contributed by atoms with Crippen molar-refractivity contribution in [2.45, 2.75) is 25.9 Å². The van der Waals surface area contributed by atoms with Crippen molar-refractivity contribution in [3.05, 3.63) is 35.5 Å². The average Bonchev–Trinajstić information content (AvgIpc) is 2.95. The fourth-order valence-corrected chi connectivity index (χ4v) is 2.22. The Kier molecular flexibility index (Phi) is 5.00. The van der Waals surface area contributed by atoms with E-state index < -0.39 is 5.60 Å². The van der Waals surface area contributed by atoms with Crippen LogP contribution in [0.5, 0.6) is 0 Å². The second-order valence-corrected chi connectivity index (χ2v) is 5.94. The lowest BCUT2D eigenvalue weighted by Gasteiger charge is -2.21. The van der Waals surface area contributed by atoms with E-state index in [-0.39, 0.29) is 18.9 Å². The van der Waals surface area contributed by atoms with E-state index in [0.29, 0.717) is 5.69 Å². The molecule has 6 nitrogen and oxygen atoms in total. The van der Waals surface area contributed by atoms with Crippen LogP contribution in [0.25, 0.3) is 10.7 Å². The Bertz CT molecular complexity index is 599. The normalized spacial score (nSPS) is 11.4. The van der Waals surface area contributed by atoms with E-state index in [1.165, 1.54) is 11.3 Å². The van der Waals surface area contributed by atoms with Crippen LogP contribution >= 0.6 is 11.3 Å². The van der Waals surface area contributed by atoms with Gasteiger partial charge in [0.25, 0.3) is 0 Å². The van der Waals surface area contributed by atoms with Crippen LogP contribution in [0, 0.1) is 0 Å². The predicted octanol–water partition coefficient (Wildman–Crippen LogP) is 1.57. The largest absolute Gasteiger partial charge is 0.393 e. The van der Waals surface area contributed by atoms with Gasteiger partial charge in [-0.2, -0.15) is 0 Å². The van der Waals surface area contributed by atoms with Crippen LogP contribution in [0.4, 0.5) is 0 Å². The zero-order chi connectivity index (χ0) is 15.3. The molecule has 0 fully saturated rings. The summed E-state index contributed by atoms with van der Waals surface area (Å²) in [6.07, 6.45) is 1.82. The van der Waals surface area contributed by atoms with Crippen LogP contribution < -0.4 is 5.48 Å². The molecule has 2 rings (SSSR count). The van der Waals surface area contributed by atoms with E-state index in [4.69, 9.17) is 9.94 Å². The molecule has 2 aromatic rings. The first kappa shape index (κ1) is 15.6. The number of hydrogen-bond donors (Lipinski definition) is 2. The van der Waals surface area contributed by atoms with E-state index in [0.717, 1.165) is 10.7 Å². The van der Waals surface area contributed by atoms with Crippen LogP contribution in [0.3, 0.4) is 0 Å². The van der Waals surface area contributed by atoms with Crippen molar-refractivity contribution in [3.8, 4) is 10.7 Å². The Hall–Kier alpha value is -1.83. The van der Waals surface area contributed by atoms with Gasteiger partial charge in [-0.3, -0.25) is 14.6 Å². The van der Waals surface area contributed by atoms with E-state index in [1.807, 2.05) is 23.6 Å². The van der Waals surface area contributed by atoms with Gasteiger partial charge < -0.3 is 5.11 Å². The molecule has 112 valence electrons. The Morgan fingerprint density at radius 2 is 2.29 bits per heavy atom. The summed E-state index contributed by atoms with van der Waals surface area (Å²) in [5.74, 6) is -0.311. The number of thiazole rings is 1. The number of nitrogens with one attached hydrogen (secondary N) is 1. The summed E-state index contributed by atoms with van der Waals surface area (Å²) < 4.78 is 0. The lowest BCUT2D eigenvalue weighted by atomic mass is 10.2. The molecule has 0 saturated carbocycles. The van der Waals surface area contributed by atoms with Crippen LogP contribution in [-0.4, -0.2) is 33.2 Å². The highest BCUT2D eigenvalue weighted by molar-refractivity contribution is 7.13. The van der Waals surface area contributed by atoms with Crippen molar-refractivity contribution in [1.29, 1.82) is 0 Å². The van der Waals surface area contributed by atoms with Gasteiger partial charge in [0.05, 0.1) is 24.4 Å². The highest BCUT2D eigenvalue weighted by atomic mass is 32.1. The molecule has 0 atom stereocenters. The summed E-state index contributed by atoms with van der Waals surface area (Å²) in [6, 6.07) is 5.60. The SMILES string of the molecule is CC(C)(CO)ONC(=O)Cc1csc(-c2ccccn2)n1. The molecule has 1 amide bonds. The molecule has 0 unspecified atom stereocenters. The summed E-state index contributed by atoms with van der Waals surface area (Å²) in [5.41, 5.74) is 2.95. The van der Waals surface area contributed by atoms with Gasteiger partial charge in [-0.15, -0.1) is 11.3 Å². The van der Waals surface area contributed by atoms with Gasteiger partial charge >= 0.3 is 0 Å². The van der Waals surface area contributed by atoms with Gasteiger partial charge in [0.15, 0.2) is 0 Å². The molecule has 2 N–H and O–H groups in total. The van der Waals surface area contributed by atoms with Crippen LogP contribution in [0.1, 0.15) is 19.5 Å². The molecule has 0 aromatic carbocycles. The molecule has 21 heavy (non-hydrogen) atoms. The van der Waals surface area contributed by atoms with E-state index >= 15 is 0 Å². The number of carbonyl (C=O) groups excluding carboxylic acids is 1. The lowest BCUT2D eigenvalue weighted by Crippen LogP contribution is -2.39. The van der Waals surface area contributed by atoms with Gasteiger partial charge in [-0.25, -0.2) is 10.5 Å². The molecular formula is C14H17N3O3S. The third-order valence-corrected chi connectivity index (χ3v) is 3.51. The molecule has 0 bridgehead atoms. The summed E-state index contributed by atoms with van der Waals surface area (Å²) in [6.45, 7) is 3.17. The van der Waals surface area contributed by atoms with Crippen molar-refractivity contribution >= 4 is 17.2 Å². The number of hydroxylamine groups is 1. The zero-order valence-electron chi connectivity index (χ0n) is 11.9. The quantitative estimate of drug-likeness (QED) is 0.791. The maximum Gasteiger partial charge on any atom is 0.249 e. The van der Waals surface area contributed by atoms with Gasteiger partial charge in [-0.05, 0) is 26.0 Å². The number of carbonyl (C=O) groups is 1. The van der Waals surface area contributed by atoms with Gasteiger partial charge in [0.2, 0.25) is 5.91 Å². The zero-order valence-corrected chi connectivity index (χ0v) is 12.7. The molecule has 2 heterocycles. The minimum Gasteiger partial charge on any atom is -0.393 e. The molecule has 0 spiro atoms. The van der Waals surface area contributed by atoms with E-state index in [1.54, 1.807) is 20.0 Å². The van der Waals surface area contributed by atoms with Crippen LogP contribution in [0.15, 0.2) is 29.8 Å². The third kappa shape index (κ3) is 4.59. The van der Waals surface area contributed by atoms with Crippen molar-refractivity contribution in [1.82, 2.24) is 15.4 Å². The number of rotatable bonds is 6. The highest BCUT2D eigenvalue weighted by Gasteiger charge is 2.19. The van der Waals surface area contributed by atoms with Gasteiger partial charge in [0.1, 0.15) is 10.6 Å². The highest BCUT2D eigenvalue weighted by Crippen LogP contribution is 2.21. The number of nitrogens with zero attached hydrogens (tertiary/aromatic N) is 2. The fraction of sp³-hybridized carbons (Fsp3) is 0.357. The lowest BCUT2D eigenvalue weighted by molar-refractivity contribution is -0.152. The van der Waals surface area contributed by atoms with Gasteiger partial charge in [0, 0.05) is 11.6 Å². The standard InChI is InChI=1S/C14H17N3O3S/c1-14(2,9-18)20-17-12(19)7-10-8-21-13(16-10)11-5-3-4-6-15-11/h3-6,8,18H,7,9H2,1-2H3,(H,17,19). The Labute approximate surface area is 126 Å². The average molecular weight is 307 g/mol. The van der Waals surface area contributed by atoms with E-state index in [2.05, 4.69) is 15.4 Å². The summed E-state index contributed by atoms with van der Waals surface area (Å²) in [7, 11) is 0. The maximum absolute atomic E-state index is 11.8. The maximum atomic E-state index is 11.8. The predicted molar refractivity (Wildman–Crippen MR) is 79.4 cm³/mol. The number of pyridine rings is 1. The fourth-order valence-electron chi connectivity index (χ4n) is 1.42. The Balaban J connectivity index is 1.92. The first-order valence-electron chi connectivity index (χ1n) is 6.44. The number of amides is 1. The number of aliphatic hydroxyl groups excluding tert-OH is 1. The third-order valence-electron chi connectivity index (χ3n) is 2.60. The number of aromatic nitrogens is 2. The molecule has 0 aliphatic carbocycles. The van der Waals surface area contributed by atoms with Crippen LogP contribution in [0.2, 0.25) is 0 Å². The first-order chi connectivity index (χ1) is 10.00. The summed E-state index contributed by atoms with van der Waals surface area (Å²) in [5, 5.41) is 11.6. The molecule has 2 aromatic heterocycles. The molecular weight excluding hydrogens is 290 g/mol. The monoisotopic (exact) mass is 307 g/mol. The summed E-state index contributed by atoms with van der Waals surface area (Å²) in [4.78, 5) is 25.5. The number of hydrogen-bond acceptors (Lipinski definition) is 6. The van der Waals surface area contributed by atoms with Crippen LogP contribution in [-0.2, 0) is 16.1 Å². The van der Waals surface area contributed by atoms with Crippen molar-refractivity contribution < 1.29 is 14.7 Å². The Morgan fingerprint density at radius 3 is 2.95 bits per heavy atom. The second kappa shape index (κ2) is 6.75. The first-order valence-corrected chi connectivity index (χ1v) is 7.32. The molecule has 0 aliphatic heterocycles. The smallest absolute Gasteiger partial charge is 0.249 e. The van der Waals surface area contributed by atoms with Gasteiger partial charge in [-0.1, -0.05) is 6.07 Å². The summed E-state index contributed by atoms with van der Waals surface area (Å²) >= 11 is 1.44. The molecule has 7 heteroatoms.